The number of aryl methyl sites for hydroxylation is 3. The highest BCUT2D eigenvalue weighted by Crippen LogP contribution is 2.37. The molecule has 0 spiro atoms. The first-order valence-electron chi connectivity index (χ1n) is 11.1. The Kier molecular flexibility index (Phi) is 5.63. The van der Waals surface area contributed by atoms with Crippen LogP contribution >= 0.6 is 0 Å². The van der Waals surface area contributed by atoms with E-state index in [1.165, 1.54) is 0 Å². The number of anilines is 1. The summed E-state index contributed by atoms with van der Waals surface area (Å²) in [4.78, 5) is 13.8. The van der Waals surface area contributed by atoms with Crippen LogP contribution in [0.1, 0.15) is 17.0 Å². The zero-order valence-electron chi connectivity index (χ0n) is 20.0. The first kappa shape index (κ1) is 22.7. The Morgan fingerprint density at radius 3 is 2.36 bits per heavy atom. The number of nitrogens with zero attached hydrogens (tertiary/aromatic N) is 7. The van der Waals surface area contributed by atoms with Crippen molar-refractivity contribution in [1.29, 1.82) is 10.5 Å². The van der Waals surface area contributed by atoms with Crippen molar-refractivity contribution in [1.82, 2.24) is 24.1 Å². The Morgan fingerprint density at radius 2 is 1.67 bits per heavy atom. The molecule has 3 aromatic heterocycles. The summed E-state index contributed by atoms with van der Waals surface area (Å²) in [5.41, 5.74) is 10.8. The second-order valence-corrected chi connectivity index (χ2v) is 8.15. The lowest BCUT2D eigenvalue weighted by atomic mass is 10.1. The van der Waals surface area contributed by atoms with Gasteiger partial charge in [-0.15, -0.1) is 0 Å². The maximum Gasteiger partial charge on any atom is 0.179 e. The molecule has 0 atom stereocenters. The third-order valence-electron chi connectivity index (χ3n) is 6.21. The Hall–Kier alpha value is -5.09. The van der Waals surface area contributed by atoms with Gasteiger partial charge < -0.3 is 24.3 Å². The molecule has 0 aliphatic heterocycles. The third-order valence-corrected chi connectivity index (χ3v) is 6.21. The number of hydrogen-bond donors (Lipinski definition) is 1. The maximum atomic E-state index is 9.58. The van der Waals surface area contributed by atoms with Crippen LogP contribution in [0.5, 0.6) is 11.5 Å². The number of nitriles is 2. The number of aromatic nitrogens is 5. The summed E-state index contributed by atoms with van der Waals surface area (Å²) in [6, 6.07) is 17.4. The molecule has 36 heavy (non-hydrogen) atoms. The molecule has 2 aromatic carbocycles. The van der Waals surface area contributed by atoms with Crippen LogP contribution in [0.4, 0.5) is 5.82 Å². The van der Waals surface area contributed by atoms with Crippen molar-refractivity contribution in [2.45, 2.75) is 13.0 Å². The second-order valence-electron chi connectivity index (χ2n) is 8.15. The van der Waals surface area contributed by atoms with E-state index in [9.17, 15) is 10.5 Å². The van der Waals surface area contributed by atoms with E-state index in [2.05, 4.69) is 9.97 Å². The fourth-order valence-corrected chi connectivity index (χ4v) is 4.40. The SMILES string of the molecule is COc1ccc(CCn2c(N)c(-c3nc4ccccc4n3C)c3nc(C#N)c(C#N)nc32)cc1OC. The number of rotatable bonds is 6. The molecule has 10 nitrogen and oxygen atoms in total. The molecule has 5 rings (SSSR count). The fraction of sp³-hybridized carbons (Fsp3) is 0.192. The number of nitrogen functional groups attached to an aromatic ring is 1. The van der Waals surface area contributed by atoms with Crippen LogP contribution in [-0.2, 0) is 20.0 Å². The highest BCUT2D eigenvalue weighted by molar-refractivity contribution is 5.99. The van der Waals surface area contributed by atoms with E-state index in [0.717, 1.165) is 16.6 Å². The van der Waals surface area contributed by atoms with Crippen molar-refractivity contribution in [3.05, 3.63) is 59.4 Å². The normalized spacial score (nSPS) is 10.9. The van der Waals surface area contributed by atoms with Crippen LogP contribution < -0.4 is 15.2 Å². The number of hydrogen-bond acceptors (Lipinski definition) is 8. The van der Waals surface area contributed by atoms with E-state index < -0.39 is 0 Å². The van der Waals surface area contributed by atoms with E-state index in [4.69, 9.17) is 20.2 Å². The quantitative estimate of drug-likeness (QED) is 0.390. The number of benzene rings is 2. The molecule has 3 heterocycles. The van der Waals surface area contributed by atoms with E-state index in [0.29, 0.717) is 52.8 Å². The molecule has 2 N–H and O–H groups in total. The topological polar surface area (TPSA) is 141 Å². The summed E-state index contributed by atoms with van der Waals surface area (Å²) in [7, 11) is 5.08. The van der Waals surface area contributed by atoms with Gasteiger partial charge in [-0.2, -0.15) is 10.5 Å². The lowest BCUT2D eigenvalue weighted by Crippen LogP contribution is -2.08. The van der Waals surface area contributed by atoms with Gasteiger partial charge in [0.2, 0.25) is 0 Å². The first-order chi connectivity index (χ1) is 17.5. The monoisotopic (exact) mass is 478 g/mol. The van der Waals surface area contributed by atoms with Gasteiger partial charge in [0.25, 0.3) is 0 Å². The van der Waals surface area contributed by atoms with E-state index in [-0.39, 0.29) is 11.4 Å². The predicted molar refractivity (Wildman–Crippen MR) is 134 cm³/mol. The minimum atomic E-state index is -0.0537. The molecule has 0 unspecified atom stereocenters. The number of nitrogens with two attached hydrogens (primary N) is 1. The maximum absolute atomic E-state index is 9.58. The Morgan fingerprint density at radius 1 is 0.944 bits per heavy atom. The molecule has 0 bridgehead atoms. The molecule has 178 valence electrons. The highest BCUT2D eigenvalue weighted by atomic mass is 16.5. The number of para-hydroxylation sites is 2. The summed E-state index contributed by atoms with van der Waals surface area (Å²) in [5.74, 6) is 2.28. The van der Waals surface area contributed by atoms with Gasteiger partial charge in [-0.3, -0.25) is 0 Å². The molecule has 0 amide bonds. The van der Waals surface area contributed by atoms with E-state index in [1.807, 2.05) is 70.8 Å². The molecular weight excluding hydrogens is 456 g/mol. The number of methoxy groups -OCH3 is 2. The molecule has 0 saturated carbocycles. The van der Waals surface area contributed by atoms with Crippen LogP contribution in [0.25, 0.3) is 33.6 Å². The minimum absolute atomic E-state index is 0.0496. The standard InChI is InChI=1S/C26H22N8O2/c1-33-19-7-5-4-6-16(19)31-25(33)22-23-26(32-18(14-28)17(13-27)30-23)34(24(22)29)11-10-15-8-9-20(35-2)21(12-15)36-3/h4-9,12H,10-11,29H2,1-3H3. The van der Waals surface area contributed by atoms with E-state index >= 15 is 0 Å². The summed E-state index contributed by atoms with van der Waals surface area (Å²) in [6.07, 6.45) is 0.597. The zero-order valence-corrected chi connectivity index (χ0v) is 20.0. The van der Waals surface area contributed by atoms with Crippen molar-refractivity contribution in [2.24, 2.45) is 7.05 Å². The fourth-order valence-electron chi connectivity index (χ4n) is 4.40. The summed E-state index contributed by atoms with van der Waals surface area (Å²) >= 11 is 0. The molecule has 0 aliphatic rings. The lowest BCUT2D eigenvalue weighted by molar-refractivity contribution is 0.354. The molecule has 0 aliphatic carbocycles. The predicted octanol–water partition coefficient (Wildman–Crippen LogP) is 3.57. The Balaban J connectivity index is 1.68. The average molecular weight is 479 g/mol. The number of fused-ring (bicyclic) bond motifs is 2. The summed E-state index contributed by atoms with van der Waals surface area (Å²) < 4.78 is 14.5. The van der Waals surface area contributed by atoms with Crippen molar-refractivity contribution < 1.29 is 9.47 Å². The zero-order chi connectivity index (χ0) is 25.4. The molecule has 10 heteroatoms. The van der Waals surface area contributed by atoms with Crippen LogP contribution in [-0.4, -0.2) is 38.3 Å². The molecule has 0 radical (unpaired) electrons. The van der Waals surface area contributed by atoms with Gasteiger partial charge in [0.15, 0.2) is 28.5 Å². The minimum Gasteiger partial charge on any atom is -0.493 e. The van der Waals surface area contributed by atoms with Gasteiger partial charge >= 0.3 is 0 Å². The van der Waals surface area contributed by atoms with Crippen LogP contribution in [0.2, 0.25) is 0 Å². The molecule has 0 fully saturated rings. The number of ether oxygens (including phenoxy) is 2. The highest BCUT2D eigenvalue weighted by Gasteiger charge is 2.25. The second kappa shape index (κ2) is 8.93. The van der Waals surface area contributed by atoms with Crippen molar-refractivity contribution in [2.75, 3.05) is 20.0 Å². The van der Waals surface area contributed by atoms with Crippen LogP contribution in [0.15, 0.2) is 42.5 Å². The van der Waals surface area contributed by atoms with Gasteiger partial charge in [0.05, 0.1) is 30.8 Å². The largest absolute Gasteiger partial charge is 0.493 e. The van der Waals surface area contributed by atoms with Crippen molar-refractivity contribution >= 4 is 28.0 Å². The Bertz CT molecular complexity index is 1720. The smallest absolute Gasteiger partial charge is 0.179 e. The van der Waals surface area contributed by atoms with Gasteiger partial charge in [0, 0.05) is 13.6 Å². The molecule has 0 saturated heterocycles. The van der Waals surface area contributed by atoms with Gasteiger partial charge in [0.1, 0.15) is 29.3 Å². The first-order valence-corrected chi connectivity index (χ1v) is 11.1. The summed E-state index contributed by atoms with van der Waals surface area (Å²) in [6.45, 7) is 0.452. The summed E-state index contributed by atoms with van der Waals surface area (Å²) in [5, 5.41) is 19.1. The number of imidazole rings is 1. The van der Waals surface area contributed by atoms with Crippen molar-refractivity contribution in [3.8, 4) is 35.0 Å². The average Bonchev–Trinajstić information content (AvgIpc) is 3.38. The molecule has 5 aromatic rings. The lowest BCUT2D eigenvalue weighted by Gasteiger charge is -2.11. The van der Waals surface area contributed by atoms with Crippen LogP contribution in [0, 0.1) is 22.7 Å². The van der Waals surface area contributed by atoms with Gasteiger partial charge in [-0.05, 0) is 36.2 Å². The van der Waals surface area contributed by atoms with Gasteiger partial charge in [-0.1, -0.05) is 18.2 Å². The van der Waals surface area contributed by atoms with Gasteiger partial charge in [-0.25, -0.2) is 15.0 Å². The Labute approximate surface area is 206 Å². The molecular formula is C26H22N8O2. The van der Waals surface area contributed by atoms with E-state index in [1.54, 1.807) is 14.2 Å². The van der Waals surface area contributed by atoms with Crippen LogP contribution in [0.3, 0.4) is 0 Å². The van der Waals surface area contributed by atoms with Crippen molar-refractivity contribution in [3.63, 3.8) is 0 Å². The third kappa shape index (κ3) is 3.53.